The van der Waals surface area contributed by atoms with E-state index in [2.05, 4.69) is 17.6 Å². The number of carbonyl (C=O) groups excluding carboxylic acids is 1. The van der Waals surface area contributed by atoms with Crippen molar-refractivity contribution in [2.24, 2.45) is 5.92 Å². The number of amides is 1. The molecule has 3 nitrogen and oxygen atoms in total. The standard InChI is InChI=1S/C19H21ClN2O.ClH/c1-13-12-21-10-9-18(13)22-19(23)16-11-15(7-8-17(16)20)14-5-3-2-4-6-14;/h2-8,11,13,18,21H,9-10,12H2,1H3,(H,22,23);1H. The predicted molar refractivity (Wildman–Crippen MR) is 102 cm³/mol. The second kappa shape index (κ2) is 8.52. The molecular weight excluding hydrogens is 343 g/mol. The van der Waals surface area contributed by atoms with Crippen LogP contribution in [0.25, 0.3) is 11.1 Å². The summed E-state index contributed by atoms with van der Waals surface area (Å²) in [5.74, 6) is 0.329. The van der Waals surface area contributed by atoms with Gasteiger partial charge in [0.2, 0.25) is 0 Å². The lowest BCUT2D eigenvalue weighted by Gasteiger charge is -2.30. The Hall–Kier alpha value is -1.55. The molecule has 2 aromatic rings. The zero-order chi connectivity index (χ0) is 16.2. The third kappa shape index (κ3) is 4.29. The van der Waals surface area contributed by atoms with Gasteiger partial charge in [-0.25, -0.2) is 0 Å². The third-order valence-corrected chi connectivity index (χ3v) is 4.75. The van der Waals surface area contributed by atoms with Gasteiger partial charge in [-0.2, -0.15) is 0 Å². The van der Waals surface area contributed by atoms with Gasteiger partial charge in [-0.15, -0.1) is 12.4 Å². The van der Waals surface area contributed by atoms with Gasteiger partial charge in [0.05, 0.1) is 10.6 Å². The number of piperidine rings is 1. The molecular formula is C19H22Cl2N2O. The highest BCUT2D eigenvalue weighted by molar-refractivity contribution is 6.34. The average molecular weight is 365 g/mol. The minimum atomic E-state index is -0.0912. The second-order valence-corrected chi connectivity index (χ2v) is 6.52. The SMILES string of the molecule is CC1CNCCC1NC(=O)c1cc(-c2ccccc2)ccc1Cl.Cl. The zero-order valence-electron chi connectivity index (χ0n) is 13.6. The first kappa shape index (κ1) is 18.8. The fraction of sp³-hybridized carbons (Fsp3) is 0.316. The molecule has 0 bridgehead atoms. The third-order valence-electron chi connectivity index (χ3n) is 4.42. The van der Waals surface area contributed by atoms with E-state index in [0.717, 1.165) is 30.6 Å². The lowest BCUT2D eigenvalue weighted by molar-refractivity contribution is 0.0914. The van der Waals surface area contributed by atoms with Crippen molar-refractivity contribution in [2.75, 3.05) is 13.1 Å². The number of nitrogens with one attached hydrogen (secondary N) is 2. The Morgan fingerprint density at radius 2 is 1.92 bits per heavy atom. The molecule has 0 aromatic heterocycles. The van der Waals surface area contributed by atoms with Crippen molar-refractivity contribution in [3.8, 4) is 11.1 Å². The van der Waals surface area contributed by atoms with E-state index >= 15 is 0 Å². The molecule has 2 unspecified atom stereocenters. The molecule has 0 spiro atoms. The van der Waals surface area contributed by atoms with E-state index in [1.165, 1.54) is 0 Å². The monoisotopic (exact) mass is 364 g/mol. The minimum absolute atomic E-state index is 0. The Morgan fingerprint density at radius 1 is 1.17 bits per heavy atom. The van der Waals surface area contributed by atoms with Crippen LogP contribution in [-0.4, -0.2) is 25.0 Å². The summed E-state index contributed by atoms with van der Waals surface area (Å²) < 4.78 is 0. The Balaban J connectivity index is 0.00000208. The molecule has 1 heterocycles. The number of carbonyl (C=O) groups is 1. The first-order valence-corrected chi connectivity index (χ1v) is 8.39. The topological polar surface area (TPSA) is 41.1 Å². The van der Waals surface area contributed by atoms with Crippen LogP contribution in [0.15, 0.2) is 48.5 Å². The van der Waals surface area contributed by atoms with Crippen LogP contribution in [0, 0.1) is 5.92 Å². The zero-order valence-corrected chi connectivity index (χ0v) is 15.2. The maximum Gasteiger partial charge on any atom is 0.253 e. The number of halogens is 2. The second-order valence-electron chi connectivity index (χ2n) is 6.11. The van der Waals surface area contributed by atoms with Gasteiger partial charge in [-0.05, 0) is 48.7 Å². The van der Waals surface area contributed by atoms with Crippen molar-refractivity contribution in [3.05, 3.63) is 59.1 Å². The molecule has 128 valence electrons. The van der Waals surface area contributed by atoms with Crippen LogP contribution in [0.1, 0.15) is 23.7 Å². The highest BCUT2D eigenvalue weighted by Gasteiger charge is 2.24. The lowest BCUT2D eigenvalue weighted by atomic mass is 9.94. The molecule has 0 aliphatic carbocycles. The minimum Gasteiger partial charge on any atom is -0.349 e. The molecule has 2 N–H and O–H groups in total. The van der Waals surface area contributed by atoms with Crippen LogP contribution < -0.4 is 10.6 Å². The van der Waals surface area contributed by atoms with E-state index in [1.54, 1.807) is 6.07 Å². The van der Waals surface area contributed by atoms with Crippen LogP contribution in [-0.2, 0) is 0 Å². The Bertz CT molecular complexity index is 691. The number of rotatable bonds is 3. The Labute approximate surface area is 154 Å². The first-order valence-electron chi connectivity index (χ1n) is 8.01. The largest absolute Gasteiger partial charge is 0.349 e. The summed E-state index contributed by atoms with van der Waals surface area (Å²) in [5.41, 5.74) is 2.62. The van der Waals surface area contributed by atoms with Gasteiger partial charge in [0.25, 0.3) is 5.91 Å². The first-order chi connectivity index (χ1) is 11.1. The molecule has 1 aliphatic heterocycles. The van der Waals surface area contributed by atoms with Crippen LogP contribution >= 0.6 is 24.0 Å². The van der Waals surface area contributed by atoms with E-state index in [9.17, 15) is 4.79 Å². The highest BCUT2D eigenvalue weighted by Crippen LogP contribution is 2.25. The summed E-state index contributed by atoms with van der Waals surface area (Å²) in [6, 6.07) is 15.8. The predicted octanol–water partition coefficient (Wildman–Crippen LogP) is 4.16. The Kier molecular flexibility index (Phi) is 6.67. The van der Waals surface area contributed by atoms with Crippen LogP contribution in [0.4, 0.5) is 0 Å². The molecule has 0 saturated carbocycles. The summed E-state index contributed by atoms with van der Waals surface area (Å²) in [6.07, 6.45) is 0.947. The van der Waals surface area contributed by atoms with Gasteiger partial charge in [0.15, 0.2) is 0 Å². The van der Waals surface area contributed by atoms with Gasteiger partial charge in [0.1, 0.15) is 0 Å². The van der Waals surface area contributed by atoms with E-state index in [4.69, 9.17) is 11.6 Å². The molecule has 2 aromatic carbocycles. The summed E-state index contributed by atoms with van der Waals surface area (Å²) in [7, 11) is 0. The molecule has 5 heteroatoms. The van der Waals surface area contributed by atoms with E-state index in [0.29, 0.717) is 16.5 Å². The summed E-state index contributed by atoms with van der Waals surface area (Å²) in [4.78, 5) is 12.6. The fourth-order valence-electron chi connectivity index (χ4n) is 2.98. The smallest absolute Gasteiger partial charge is 0.253 e. The summed E-state index contributed by atoms with van der Waals surface area (Å²) in [5, 5.41) is 6.97. The average Bonchev–Trinajstić information content (AvgIpc) is 2.58. The van der Waals surface area contributed by atoms with Crippen molar-refractivity contribution < 1.29 is 4.79 Å². The maximum absolute atomic E-state index is 12.6. The van der Waals surface area contributed by atoms with Crippen molar-refractivity contribution >= 4 is 29.9 Å². The molecule has 1 saturated heterocycles. The van der Waals surface area contributed by atoms with Gasteiger partial charge in [-0.1, -0.05) is 54.9 Å². The van der Waals surface area contributed by atoms with Crippen LogP contribution in [0.5, 0.6) is 0 Å². The van der Waals surface area contributed by atoms with Gasteiger partial charge < -0.3 is 10.6 Å². The fourth-order valence-corrected chi connectivity index (χ4v) is 3.19. The van der Waals surface area contributed by atoms with Gasteiger partial charge in [0, 0.05) is 6.04 Å². The maximum atomic E-state index is 12.6. The van der Waals surface area contributed by atoms with E-state index in [-0.39, 0.29) is 24.4 Å². The summed E-state index contributed by atoms with van der Waals surface area (Å²) in [6.45, 7) is 4.02. The van der Waals surface area contributed by atoms with Crippen molar-refractivity contribution in [3.63, 3.8) is 0 Å². The lowest BCUT2D eigenvalue weighted by Crippen LogP contribution is -2.48. The molecule has 24 heavy (non-hydrogen) atoms. The van der Waals surface area contributed by atoms with Crippen molar-refractivity contribution in [2.45, 2.75) is 19.4 Å². The highest BCUT2D eigenvalue weighted by atomic mass is 35.5. The molecule has 3 rings (SSSR count). The van der Waals surface area contributed by atoms with Crippen molar-refractivity contribution in [1.29, 1.82) is 0 Å². The molecule has 1 fully saturated rings. The molecule has 1 amide bonds. The molecule has 2 atom stereocenters. The summed E-state index contributed by atoms with van der Waals surface area (Å²) >= 11 is 6.26. The van der Waals surface area contributed by atoms with Gasteiger partial charge in [-0.3, -0.25) is 4.79 Å². The van der Waals surface area contributed by atoms with Crippen LogP contribution in [0.3, 0.4) is 0 Å². The normalized spacial score (nSPS) is 20.1. The molecule has 1 aliphatic rings. The van der Waals surface area contributed by atoms with E-state index in [1.807, 2.05) is 42.5 Å². The Morgan fingerprint density at radius 3 is 2.62 bits per heavy atom. The molecule has 0 radical (unpaired) electrons. The van der Waals surface area contributed by atoms with Gasteiger partial charge >= 0.3 is 0 Å². The van der Waals surface area contributed by atoms with E-state index < -0.39 is 0 Å². The quantitative estimate of drug-likeness (QED) is 0.858. The number of benzene rings is 2. The van der Waals surface area contributed by atoms with Crippen molar-refractivity contribution in [1.82, 2.24) is 10.6 Å². The number of hydrogen-bond donors (Lipinski definition) is 2. The van der Waals surface area contributed by atoms with Crippen LogP contribution in [0.2, 0.25) is 5.02 Å². The number of hydrogen-bond acceptors (Lipinski definition) is 2.